The van der Waals surface area contributed by atoms with Crippen LogP contribution in [0.1, 0.15) is 19.8 Å². The number of hydrogen-bond donors (Lipinski definition) is 1. The van der Waals surface area contributed by atoms with E-state index in [-0.39, 0.29) is 5.97 Å². The number of thioether (sulfide) groups is 1. The lowest BCUT2D eigenvalue weighted by Gasteiger charge is -2.16. The molecule has 1 aliphatic carbocycles. The van der Waals surface area contributed by atoms with E-state index >= 15 is 0 Å². The van der Waals surface area contributed by atoms with Gasteiger partial charge in [-0.2, -0.15) is 0 Å². The van der Waals surface area contributed by atoms with E-state index in [1.165, 1.54) is 17.8 Å². The SMILES string of the molecule is CCOC(=O)C(CSc1ccc(F)c(F)c1)NC1CC1. The van der Waals surface area contributed by atoms with Crippen molar-refractivity contribution in [2.24, 2.45) is 0 Å². The summed E-state index contributed by atoms with van der Waals surface area (Å²) in [7, 11) is 0. The minimum atomic E-state index is -0.877. The second kappa shape index (κ2) is 7.04. The van der Waals surface area contributed by atoms with E-state index in [1.807, 2.05) is 0 Å². The summed E-state index contributed by atoms with van der Waals surface area (Å²) in [5, 5.41) is 3.21. The van der Waals surface area contributed by atoms with E-state index in [9.17, 15) is 13.6 Å². The van der Waals surface area contributed by atoms with Crippen molar-refractivity contribution in [3.8, 4) is 0 Å². The number of benzene rings is 1. The summed E-state index contributed by atoms with van der Waals surface area (Å²) in [6, 6.07) is 3.68. The Hall–Kier alpha value is -1.14. The molecule has 3 nitrogen and oxygen atoms in total. The van der Waals surface area contributed by atoms with Gasteiger partial charge in [0.15, 0.2) is 11.6 Å². The predicted molar refractivity (Wildman–Crippen MR) is 73.7 cm³/mol. The molecule has 1 saturated carbocycles. The number of halogens is 2. The monoisotopic (exact) mass is 301 g/mol. The van der Waals surface area contributed by atoms with Crippen LogP contribution in [0.5, 0.6) is 0 Å². The van der Waals surface area contributed by atoms with Gasteiger partial charge in [0.2, 0.25) is 0 Å². The third kappa shape index (κ3) is 4.45. The van der Waals surface area contributed by atoms with Crippen molar-refractivity contribution in [1.82, 2.24) is 5.32 Å². The van der Waals surface area contributed by atoms with Crippen molar-refractivity contribution in [3.05, 3.63) is 29.8 Å². The molecule has 1 fully saturated rings. The Morgan fingerprint density at radius 3 is 2.80 bits per heavy atom. The number of carbonyl (C=O) groups excluding carboxylic acids is 1. The second-order valence-corrected chi connectivity index (χ2v) is 5.73. The van der Waals surface area contributed by atoms with Gasteiger partial charge in [-0.25, -0.2) is 8.78 Å². The molecule has 1 N–H and O–H groups in total. The Morgan fingerprint density at radius 1 is 1.45 bits per heavy atom. The minimum Gasteiger partial charge on any atom is -0.465 e. The van der Waals surface area contributed by atoms with Gasteiger partial charge in [-0.15, -0.1) is 11.8 Å². The third-order valence-electron chi connectivity index (χ3n) is 2.89. The lowest BCUT2D eigenvalue weighted by atomic mass is 10.3. The van der Waals surface area contributed by atoms with Crippen LogP contribution in [-0.4, -0.2) is 30.4 Å². The molecule has 0 amide bonds. The number of ether oxygens (including phenoxy) is 1. The van der Waals surface area contributed by atoms with E-state index in [4.69, 9.17) is 4.74 Å². The van der Waals surface area contributed by atoms with Crippen LogP contribution in [-0.2, 0) is 9.53 Å². The summed E-state index contributed by atoms with van der Waals surface area (Å²) >= 11 is 1.31. The fourth-order valence-corrected chi connectivity index (χ4v) is 2.65. The summed E-state index contributed by atoms with van der Waals surface area (Å²) in [6.45, 7) is 2.09. The molecule has 1 atom stereocenters. The third-order valence-corrected chi connectivity index (χ3v) is 3.98. The summed E-state index contributed by atoms with van der Waals surface area (Å²) < 4.78 is 31.0. The largest absolute Gasteiger partial charge is 0.465 e. The lowest BCUT2D eigenvalue weighted by Crippen LogP contribution is -2.41. The van der Waals surface area contributed by atoms with Crippen LogP contribution in [0.4, 0.5) is 8.78 Å². The van der Waals surface area contributed by atoms with E-state index in [0.29, 0.717) is 23.3 Å². The fraction of sp³-hybridized carbons (Fsp3) is 0.500. The first-order chi connectivity index (χ1) is 9.60. The molecule has 0 spiro atoms. The Labute approximate surface area is 121 Å². The van der Waals surface area contributed by atoms with Gasteiger partial charge >= 0.3 is 5.97 Å². The zero-order valence-corrected chi connectivity index (χ0v) is 12.0. The normalized spacial score (nSPS) is 15.9. The fourth-order valence-electron chi connectivity index (χ4n) is 1.71. The van der Waals surface area contributed by atoms with Crippen LogP contribution in [0.25, 0.3) is 0 Å². The highest BCUT2D eigenvalue weighted by atomic mass is 32.2. The highest BCUT2D eigenvalue weighted by Gasteiger charge is 2.29. The molecular weight excluding hydrogens is 284 g/mol. The lowest BCUT2D eigenvalue weighted by molar-refractivity contribution is -0.145. The zero-order chi connectivity index (χ0) is 14.5. The molecule has 0 saturated heterocycles. The molecule has 1 unspecified atom stereocenters. The maximum Gasteiger partial charge on any atom is 0.324 e. The molecule has 1 aromatic carbocycles. The van der Waals surface area contributed by atoms with Crippen molar-refractivity contribution in [3.63, 3.8) is 0 Å². The molecule has 0 heterocycles. The van der Waals surface area contributed by atoms with Gasteiger partial charge < -0.3 is 10.1 Å². The molecule has 2 rings (SSSR count). The minimum absolute atomic E-state index is 0.297. The Kier molecular flexibility index (Phi) is 5.37. The van der Waals surface area contributed by atoms with E-state index in [0.717, 1.165) is 25.0 Å². The van der Waals surface area contributed by atoms with Crippen molar-refractivity contribution in [1.29, 1.82) is 0 Å². The van der Waals surface area contributed by atoms with Crippen LogP contribution < -0.4 is 5.32 Å². The van der Waals surface area contributed by atoms with Crippen molar-refractivity contribution >= 4 is 17.7 Å². The van der Waals surface area contributed by atoms with Gasteiger partial charge in [0.05, 0.1) is 6.61 Å². The van der Waals surface area contributed by atoms with Gasteiger partial charge in [0, 0.05) is 16.7 Å². The van der Waals surface area contributed by atoms with E-state index < -0.39 is 17.7 Å². The summed E-state index contributed by atoms with van der Waals surface area (Å²) in [6.07, 6.45) is 2.12. The van der Waals surface area contributed by atoms with Crippen LogP contribution in [0.3, 0.4) is 0 Å². The molecule has 1 aliphatic rings. The Bertz CT molecular complexity index is 480. The van der Waals surface area contributed by atoms with Crippen molar-refractivity contribution in [2.75, 3.05) is 12.4 Å². The number of hydrogen-bond acceptors (Lipinski definition) is 4. The molecule has 6 heteroatoms. The molecule has 0 radical (unpaired) electrons. The van der Waals surface area contributed by atoms with Gasteiger partial charge in [-0.1, -0.05) is 0 Å². The maximum absolute atomic E-state index is 13.1. The molecule has 110 valence electrons. The average molecular weight is 301 g/mol. The first kappa shape index (κ1) is 15.3. The van der Waals surface area contributed by atoms with Crippen LogP contribution in [0.15, 0.2) is 23.1 Å². The predicted octanol–water partition coefficient (Wildman–Crippen LogP) is 2.74. The highest BCUT2D eigenvalue weighted by Crippen LogP contribution is 2.24. The first-order valence-electron chi connectivity index (χ1n) is 6.60. The van der Waals surface area contributed by atoms with Gasteiger partial charge in [-0.05, 0) is 38.0 Å². The van der Waals surface area contributed by atoms with Crippen molar-refractivity contribution < 1.29 is 18.3 Å². The first-order valence-corrected chi connectivity index (χ1v) is 7.59. The van der Waals surface area contributed by atoms with Gasteiger partial charge in [-0.3, -0.25) is 4.79 Å². The topological polar surface area (TPSA) is 38.3 Å². The standard InChI is InChI=1S/C14H17F2NO2S/c1-2-19-14(18)13(17-9-3-4-9)8-20-10-5-6-11(15)12(16)7-10/h5-7,9,13,17H,2-4,8H2,1H3. The smallest absolute Gasteiger partial charge is 0.324 e. The Balaban J connectivity index is 1.92. The number of esters is 1. The maximum atomic E-state index is 13.1. The molecule has 0 aliphatic heterocycles. The van der Waals surface area contributed by atoms with Gasteiger partial charge in [0.25, 0.3) is 0 Å². The van der Waals surface area contributed by atoms with E-state index in [1.54, 1.807) is 6.92 Å². The van der Waals surface area contributed by atoms with Crippen LogP contribution in [0, 0.1) is 11.6 Å². The van der Waals surface area contributed by atoms with Gasteiger partial charge in [0.1, 0.15) is 6.04 Å². The summed E-state index contributed by atoms with van der Waals surface area (Å²) in [5.41, 5.74) is 0. The number of carbonyl (C=O) groups is 1. The molecule has 0 aromatic heterocycles. The Morgan fingerprint density at radius 2 is 2.20 bits per heavy atom. The van der Waals surface area contributed by atoms with Crippen molar-refractivity contribution in [2.45, 2.75) is 36.7 Å². The zero-order valence-electron chi connectivity index (χ0n) is 11.2. The molecule has 1 aromatic rings. The average Bonchev–Trinajstić information content (AvgIpc) is 3.22. The summed E-state index contributed by atoms with van der Waals surface area (Å²) in [5.74, 6) is -1.61. The number of nitrogens with one attached hydrogen (secondary N) is 1. The van der Waals surface area contributed by atoms with E-state index in [2.05, 4.69) is 5.32 Å². The quantitative estimate of drug-likeness (QED) is 0.621. The molecule has 20 heavy (non-hydrogen) atoms. The molecule has 0 bridgehead atoms. The number of rotatable bonds is 7. The van der Waals surface area contributed by atoms with Crippen LogP contribution in [0.2, 0.25) is 0 Å². The second-order valence-electron chi connectivity index (χ2n) is 4.63. The molecular formula is C14H17F2NO2S. The summed E-state index contributed by atoms with van der Waals surface area (Å²) in [4.78, 5) is 12.4. The van der Waals surface area contributed by atoms with Crippen LogP contribution >= 0.6 is 11.8 Å². The highest BCUT2D eigenvalue weighted by molar-refractivity contribution is 7.99.